The zero-order valence-electron chi connectivity index (χ0n) is 8.45. The second kappa shape index (κ2) is 4.77. The Morgan fingerprint density at radius 2 is 2.21 bits per heavy atom. The molecule has 2 aliphatic rings. The zero-order valence-corrected chi connectivity index (χ0v) is 8.45. The van der Waals surface area contributed by atoms with Gasteiger partial charge in [0.15, 0.2) is 0 Å². The molecule has 14 heavy (non-hydrogen) atoms. The molecule has 1 saturated carbocycles. The van der Waals surface area contributed by atoms with Gasteiger partial charge in [0.05, 0.1) is 30.8 Å². The van der Waals surface area contributed by atoms with E-state index in [4.69, 9.17) is 14.7 Å². The summed E-state index contributed by atoms with van der Waals surface area (Å²) in [5, 5.41) is 8.87. The van der Waals surface area contributed by atoms with Crippen molar-refractivity contribution in [3.8, 4) is 6.07 Å². The fourth-order valence-corrected chi connectivity index (χ4v) is 2.28. The summed E-state index contributed by atoms with van der Waals surface area (Å²) in [6.45, 7) is 1.56. The van der Waals surface area contributed by atoms with Gasteiger partial charge >= 0.3 is 0 Å². The van der Waals surface area contributed by atoms with Crippen molar-refractivity contribution in [1.82, 2.24) is 0 Å². The van der Waals surface area contributed by atoms with Gasteiger partial charge in [-0.05, 0) is 32.1 Å². The largest absolute Gasteiger partial charge is 0.376 e. The summed E-state index contributed by atoms with van der Waals surface area (Å²) in [4.78, 5) is 0. The second-order valence-corrected chi connectivity index (χ2v) is 4.17. The first-order valence-electron chi connectivity index (χ1n) is 5.53. The van der Waals surface area contributed by atoms with Crippen molar-refractivity contribution in [3.63, 3.8) is 0 Å². The Hall–Kier alpha value is -0.590. The van der Waals surface area contributed by atoms with Gasteiger partial charge in [-0.1, -0.05) is 0 Å². The van der Waals surface area contributed by atoms with Crippen molar-refractivity contribution in [2.45, 2.75) is 44.3 Å². The maximum atomic E-state index is 8.87. The fraction of sp³-hybridized carbons (Fsp3) is 0.909. The molecule has 78 valence electrons. The third kappa shape index (κ3) is 2.26. The van der Waals surface area contributed by atoms with Crippen molar-refractivity contribution in [3.05, 3.63) is 0 Å². The van der Waals surface area contributed by atoms with Gasteiger partial charge in [0.2, 0.25) is 0 Å². The maximum Gasteiger partial charge on any atom is 0.0809 e. The minimum Gasteiger partial charge on any atom is -0.376 e. The first-order chi connectivity index (χ1) is 6.90. The van der Waals surface area contributed by atoms with E-state index in [1.165, 1.54) is 0 Å². The predicted molar refractivity (Wildman–Crippen MR) is 51.7 cm³/mol. The highest BCUT2D eigenvalue weighted by Crippen LogP contribution is 2.28. The third-order valence-electron chi connectivity index (χ3n) is 3.14. The molecule has 1 saturated heterocycles. The highest BCUT2D eigenvalue weighted by molar-refractivity contribution is 4.93. The van der Waals surface area contributed by atoms with Crippen LogP contribution in [-0.2, 0) is 9.47 Å². The molecule has 0 radical (unpaired) electrons. The lowest BCUT2D eigenvalue weighted by Gasteiger charge is -2.17. The first kappa shape index (κ1) is 9.95. The molecule has 0 N–H and O–H groups in total. The van der Waals surface area contributed by atoms with Gasteiger partial charge in [-0.3, -0.25) is 0 Å². The average Bonchev–Trinajstić information content (AvgIpc) is 2.85. The van der Waals surface area contributed by atoms with Crippen LogP contribution in [0.1, 0.15) is 32.1 Å². The summed E-state index contributed by atoms with van der Waals surface area (Å²) in [6, 6.07) is 2.32. The van der Waals surface area contributed by atoms with E-state index in [0.717, 1.165) is 38.7 Å². The highest BCUT2D eigenvalue weighted by Gasteiger charge is 2.29. The number of hydrogen-bond donors (Lipinski definition) is 0. The molecule has 1 heterocycles. The second-order valence-electron chi connectivity index (χ2n) is 4.17. The van der Waals surface area contributed by atoms with E-state index in [9.17, 15) is 0 Å². The molecule has 2 rings (SSSR count). The molecule has 2 fully saturated rings. The molecule has 0 aromatic carbocycles. The van der Waals surface area contributed by atoms with Crippen LogP contribution >= 0.6 is 0 Å². The molecule has 0 spiro atoms. The van der Waals surface area contributed by atoms with Crippen LogP contribution < -0.4 is 0 Å². The summed E-state index contributed by atoms with van der Waals surface area (Å²) < 4.78 is 11.2. The van der Waals surface area contributed by atoms with Gasteiger partial charge in [0.1, 0.15) is 0 Å². The molecule has 0 aromatic heterocycles. The van der Waals surface area contributed by atoms with Crippen LogP contribution in [0.5, 0.6) is 0 Å². The molecule has 3 atom stereocenters. The SMILES string of the molecule is N#CC1CCCC1OCC1CCCO1. The monoisotopic (exact) mass is 195 g/mol. The van der Waals surface area contributed by atoms with Crippen LogP contribution in [0.15, 0.2) is 0 Å². The van der Waals surface area contributed by atoms with Crippen LogP contribution in [-0.4, -0.2) is 25.4 Å². The highest BCUT2D eigenvalue weighted by atomic mass is 16.5. The first-order valence-corrected chi connectivity index (χ1v) is 5.53. The quantitative estimate of drug-likeness (QED) is 0.690. The Morgan fingerprint density at radius 3 is 2.93 bits per heavy atom. The van der Waals surface area contributed by atoms with E-state index in [-0.39, 0.29) is 18.1 Å². The summed E-state index contributed by atoms with van der Waals surface area (Å²) in [5.41, 5.74) is 0. The summed E-state index contributed by atoms with van der Waals surface area (Å²) in [5.74, 6) is 0.122. The van der Waals surface area contributed by atoms with E-state index < -0.39 is 0 Å². The third-order valence-corrected chi connectivity index (χ3v) is 3.14. The molecule has 1 aliphatic heterocycles. The van der Waals surface area contributed by atoms with Gasteiger partial charge in [-0.15, -0.1) is 0 Å². The van der Waals surface area contributed by atoms with Crippen molar-refractivity contribution < 1.29 is 9.47 Å². The number of rotatable bonds is 3. The smallest absolute Gasteiger partial charge is 0.0809 e. The molecule has 0 aromatic rings. The van der Waals surface area contributed by atoms with Crippen LogP contribution in [0.2, 0.25) is 0 Å². The summed E-state index contributed by atoms with van der Waals surface area (Å²) in [6.07, 6.45) is 5.91. The topological polar surface area (TPSA) is 42.2 Å². The van der Waals surface area contributed by atoms with Crippen molar-refractivity contribution >= 4 is 0 Å². The maximum absolute atomic E-state index is 8.87. The normalized spacial score (nSPS) is 37.2. The molecular formula is C11H17NO2. The van der Waals surface area contributed by atoms with E-state index >= 15 is 0 Å². The van der Waals surface area contributed by atoms with Crippen LogP contribution in [0.3, 0.4) is 0 Å². The Labute approximate surface area is 85.0 Å². The van der Waals surface area contributed by atoms with Gasteiger partial charge in [-0.25, -0.2) is 0 Å². The Kier molecular flexibility index (Phi) is 3.39. The number of nitriles is 1. The average molecular weight is 195 g/mol. The van der Waals surface area contributed by atoms with Crippen LogP contribution in [0, 0.1) is 17.2 Å². The van der Waals surface area contributed by atoms with Crippen molar-refractivity contribution in [2.24, 2.45) is 5.92 Å². The van der Waals surface area contributed by atoms with E-state index in [0.29, 0.717) is 6.61 Å². The molecule has 0 amide bonds. The predicted octanol–water partition coefficient (Wildman–Crippen LogP) is 1.87. The van der Waals surface area contributed by atoms with Crippen molar-refractivity contribution in [2.75, 3.05) is 13.2 Å². The van der Waals surface area contributed by atoms with Crippen LogP contribution in [0.4, 0.5) is 0 Å². The van der Waals surface area contributed by atoms with Gasteiger partial charge in [0.25, 0.3) is 0 Å². The minimum atomic E-state index is 0.122. The Morgan fingerprint density at radius 1 is 1.29 bits per heavy atom. The van der Waals surface area contributed by atoms with Gasteiger partial charge < -0.3 is 9.47 Å². The molecule has 1 aliphatic carbocycles. The number of nitrogens with zero attached hydrogens (tertiary/aromatic N) is 1. The number of hydrogen-bond acceptors (Lipinski definition) is 3. The number of ether oxygens (including phenoxy) is 2. The lowest BCUT2D eigenvalue weighted by molar-refractivity contribution is -0.0263. The van der Waals surface area contributed by atoms with E-state index in [2.05, 4.69) is 6.07 Å². The zero-order chi connectivity index (χ0) is 9.80. The standard InChI is InChI=1S/C11H17NO2/c12-7-9-3-1-5-11(9)14-8-10-4-2-6-13-10/h9-11H,1-6,8H2. The summed E-state index contributed by atoms with van der Waals surface area (Å²) >= 11 is 0. The molecule has 3 heteroatoms. The molecule has 3 unspecified atom stereocenters. The van der Waals surface area contributed by atoms with E-state index in [1.807, 2.05) is 0 Å². The molecular weight excluding hydrogens is 178 g/mol. The lowest BCUT2D eigenvalue weighted by atomic mass is 10.1. The Balaban J connectivity index is 1.71. The Bertz CT molecular complexity index is 218. The van der Waals surface area contributed by atoms with Gasteiger partial charge in [0, 0.05) is 6.61 Å². The van der Waals surface area contributed by atoms with E-state index in [1.54, 1.807) is 0 Å². The fourth-order valence-electron chi connectivity index (χ4n) is 2.28. The van der Waals surface area contributed by atoms with Crippen LogP contribution in [0.25, 0.3) is 0 Å². The summed E-state index contributed by atoms with van der Waals surface area (Å²) in [7, 11) is 0. The van der Waals surface area contributed by atoms with Crippen molar-refractivity contribution in [1.29, 1.82) is 5.26 Å². The molecule has 0 bridgehead atoms. The lowest BCUT2D eigenvalue weighted by Crippen LogP contribution is -2.23. The minimum absolute atomic E-state index is 0.122. The molecule has 3 nitrogen and oxygen atoms in total. The van der Waals surface area contributed by atoms with Gasteiger partial charge in [-0.2, -0.15) is 5.26 Å².